The topological polar surface area (TPSA) is 26.3 Å². The lowest BCUT2D eigenvalue weighted by atomic mass is 9.86. The van der Waals surface area contributed by atoms with E-state index in [0.29, 0.717) is 12.2 Å². The number of carbonyl (C=O) groups excluding carboxylic acids is 1. The summed E-state index contributed by atoms with van der Waals surface area (Å²) in [6, 6.07) is 0. The number of likely N-dealkylation sites (N-methyl/N-ethyl adjacent to an activating group) is 1. The van der Waals surface area contributed by atoms with Gasteiger partial charge in [-0.15, -0.1) is 0 Å². The van der Waals surface area contributed by atoms with Gasteiger partial charge < -0.3 is 9.22 Å². The van der Waals surface area contributed by atoms with Crippen LogP contribution in [0.2, 0.25) is 0 Å². The largest absolute Gasteiger partial charge is 0.361 e. The molecule has 0 aromatic rings. The molecule has 280 valence electrons. The molecule has 0 saturated carbocycles. The fraction of sp³-hybridized carbons (Fsp3) is 0.932. The standard InChI is InChI=1S/C44H88NO2/c1-7-10-13-15-17-19-21-23-25-26-28-30-32-34-36-39-43(46)44(42-45(4,5)6,47-41-38-12-9-3)40-37-35-33-31-29-27-24-22-20-18-16-14-11-8-2/h23,25H,7-22,24,26-42H2,1-6H3/q+1/b25-23-. The van der Waals surface area contributed by atoms with Gasteiger partial charge in [0.05, 0.1) is 21.1 Å². The normalized spacial score (nSPS) is 13.5. The van der Waals surface area contributed by atoms with Crippen LogP contribution >= 0.6 is 0 Å². The SMILES string of the molecule is CCCCCCCC/C=C\CCCCCCCC(=O)C(CCCCCCCCCCCCCCCC)(C[N+](C)(C)C)OCCCCC. The highest BCUT2D eigenvalue weighted by molar-refractivity contribution is 5.87. The van der Waals surface area contributed by atoms with Crippen molar-refractivity contribution >= 4 is 5.78 Å². The minimum atomic E-state index is -0.607. The number of quaternary nitrogens is 1. The van der Waals surface area contributed by atoms with Crippen LogP contribution < -0.4 is 0 Å². The Kier molecular flexibility index (Phi) is 33.3. The van der Waals surface area contributed by atoms with Crippen molar-refractivity contribution in [1.82, 2.24) is 0 Å². The molecular formula is C44H88NO2+. The van der Waals surface area contributed by atoms with Crippen LogP contribution in [0.15, 0.2) is 12.2 Å². The molecule has 1 unspecified atom stereocenters. The molecule has 0 bridgehead atoms. The van der Waals surface area contributed by atoms with Crippen molar-refractivity contribution in [3.63, 3.8) is 0 Å². The third-order valence-electron chi connectivity index (χ3n) is 9.96. The molecule has 0 saturated heterocycles. The number of rotatable bonds is 38. The number of ketones is 1. The lowest BCUT2D eigenvalue weighted by Crippen LogP contribution is -2.55. The van der Waals surface area contributed by atoms with Gasteiger partial charge in [-0.3, -0.25) is 4.79 Å². The number of unbranched alkanes of at least 4 members (excludes halogenated alkanes) is 26. The molecule has 0 aliphatic rings. The van der Waals surface area contributed by atoms with E-state index in [1.54, 1.807) is 0 Å². The Bertz CT molecular complexity index is 681. The Balaban J connectivity index is 4.48. The van der Waals surface area contributed by atoms with Crippen molar-refractivity contribution in [1.29, 1.82) is 0 Å². The summed E-state index contributed by atoms with van der Waals surface area (Å²) in [6.45, 7) is 8.34. The quantitative estimate of drug-likeness (QED) is 0.0373. The average Bonchev–Trinajstić information content (AvgIpc) is 3.04. The van der Waals surface area contributed by atoms with Crippen LogP contribution in [0, 0.1) is 0 Å². The van der Waals surface area contributed by atoms with Gasteiger partial charge in [0.1, 0.15) is 6.54 Å². The van der Waals surface area contributed by atoms with Crippen LogP contribution in [0.4, 0.5) is 0 Å². The molecule has 3 heteroatoms. The Morgan fingerprint density at radius 1 is 0.489 bits per heavy atom. The monoisotopic (exact) mass is 663 g/mol. The van der Waals surface area contributed by atoms with E-state index in [0.717, 1.165) is 43.3 Å². The number of allylic oxidation sites excluding steroid dienone is 2. The van der Waals surface area contributed by atoms with Gasteiger partial charge in [-0.1, -0.05) is 181 Å². The highest BCUT2D eigenvalue weighted by atomic mass is 16.5. The minimum absolute atomic E-state index is 0.384. The fourth-order valence-electron chi connectivity index (χ4n) is 7.08. The van der Waals surface area contributed by atoms with Crippen molar-refractivity contribution in [2.24, 2.45) is 0 Å². The van der Waals surface area contributed by atoms with Crippen LogP contribution in [0.5, 0.6) is 0 Å². The first-order valence-corrected chi connectivity index (χ1v) is 21.4. The lowest BCUT2D eigenvalue weighted by Gasteiger charge is -2.38. The second-order valence-corrected chi connectivity index (χ2v) is 16.1. The fourth-order valence-corrected chi connectivity index (χ4v) is 7.08. The van der Waals surface area contributed by atoms with Gasteiger partial charge in [0, 0.05) is 13.0 Å². The van der Waals surface area contributed by atoms with E-state index in [1.165, 1.54) is 173 Å². The van der Waals surface area contributed by atoms with Crippen molar-refractivity contribution in [3.8, 4) is 0 Å². The Morgan fingerprint density at radius 3 is 1.28 bits per heavy atom. The van der Waals surface area contributed by atoms with Crippen molar-refractivity contribution in [3.05, 3.63) is 12.2 Å². The zero-order chi connectivity index (χ0) is 34.7. The van der Waals surface area contributed by atoms with Gasteiger partial charge >= 0.3 is 0 Å². The van der Waals surface area contributed by atoms with Crippen molar-refractivity contribution in [2.45, 2.75) is 232 Å². The average molecular weight is 663 g/mol. The number of carbonyl (C=O) groups is 1. The molecule has 0 aliphatic heterocycles. The van der Waals surface area contributed by atoms with Gasteiger partial charge in [-0.2, -0.15) is 0 Å². The predicted molar refractivity (Wildman–Crippen MR) is 210 cm³/mol. The summed E-state index contributed by atoms with van der Waals surface area (Å²) in [5, 5.41) is 0. The van der Waals surface area contributed by atoms with E-state index in [-0.39, 0.29) is 0 Å². The van der Waals surface area contributed by atoms with Gasteiger partial charge in [0.2, 0.25) is 0 Å². The maximum Gasteiger partial charge on any atom is 0.174 e. The molecule has 47 heavy (non-hydrogen) atoms. The number of ether oxygens (including phenoxy) is 1. The van der Waals surface area contributed by atoms with Crippen LogP contribution in [0.25, 0.3) is 0 Å². The van der Waals surface area contributed by atoms with Crippen molar-refractivity contribution < 1.29 is 14.0 Å². The molecular weight excluding hydrogens is 574 g/mol. The second-order valence-electron chi connectivity index (χ2n) is 16.1. The number of hydrogen-bond acceptors (Lipinski definition) is 2. The van der Waals surface area contributed by atoms with Crippen LogP contribution in [0.3, 0.4) is 0 Å². The van der Waals surface area contributed by atoms with E-state index in [1.807, 2.05) is 0 Å². The summed E-state index contributed by atoms with van der Waals surface area (Å²) in [6.07, 6.45) is 45.7. The summed E-state index contributed by atoms with van der Waals surface area (Å²) in [5.74, 6) is 0.384. The van der Waals surface area contributed by atoms with E-state index < -0.39 is 5.60 Å². The summed E-state index contributed by atoms with van der Waals surface area (Å²) < 4.78 is 7.47. The number of Topliss-reactive ketones (excluding diaryl/α,β-unsaturated/α-hetero) is 1. The predicted octanol–water partition coefficient (Wildman–Crippen LogP) is 14.1. The first-order chi connectivity index (χ1) is 22.8. The zero-order valence-corrected chi connectivity index (χ0v) is 33.5. The van der Waals surface area contributed by atoms with E-state index >= 15 is 0 Å². The molecule has 0 heterocycles. The van der Waals surface area contributed by atoms with E-state index in [2.05, 4.69) is 54.1 Å². The molecule has 0 rings (SSSR count). The Hall–Kier alpha value is -0.670. The van der Waals surface area contributed by atoms with Crippen molar-refractivity contribution in [2.75, 3.05) is 34.3 Å². The second kappa shape index (κ2) is 33.8. The highest BCUT2D eigenvalue weighted by Crippen LogP contribution is 2.28. The molecule has 3 nitrogen and oxygen atoms in total. The van der Waals surface area contributed by atoms with Crippen LogP contribution in [-0.2, 0) is 9.53 Å². The first-order valence-electron chi connectivity index (χ1n) is 21.4. The van der Waals surface area contributed by atoms with Gasteiger partial charge in [0.25, 0.3) is 0 Å². The minimum Gasteiger partial charge on any atom is -0.361 e. The van der Waals surface area contributed by atoms with Crippen LogP contribution in [-0.4, -0.2) is 50.2 Å². The molecule has 0 aromatic carbocycles. The molecule has 0 aliphatic carbocycles. The molecule has 0 fully saturated rings. The summed E-state index contributed by atoms with van der Waals surface area (Å²) in [7, 11) is 6.68. The Morgan fingerprint density at radius 2 is 0.851 bits per heavy atom. The number of nitrogens with zero attached hydrogens (tertiary/aromatic N) is 1. The molecule has 0 amide bonds. The molecule has 0 radical (unpaired) electrons. The molecule has 0 aromatic heterocycles. The lowest BCUT2D eigenvalue weighted by molar-refractivity contribution is -0.875. The Labute approximate surface area is 297 Å². The van der Waals surface area contributed by atoms with E-state index in [4.69, 9.17) is 4.74 Å². The third-order valence-corrected chi connectivity index (χ3v) is 9.96. The van der Waals surface area contributed by atoms with Gasteiger partial charge in [0.15, 0.2) is 11.4 Å². The number of hydrogen-bond donors (Lipinski definition) is 0. The maximum absolute atomic E-state index is 14.0. The summed E-state index contributed by atoms with van der Waals surface area (Å²) in [5.41, 5.74) is -0.607. The zero-order valence-electron chi connectivity index (χ0n) is 33.5. The molecule has 1 atom stereocenters. The van der Waals surface area contributed by atoms with Gasteiger partial charge in [-0.25, -0.2) is 0 Å². The maximum atomic E-state index is 14.0. The summed E-state index contributed by atoms with van der Waals surface area (Å²) in [4.78, 5) is 14.0. The smallest absolute Gasteiger partial charge is 0.174 e. The van der Waals surface area contributed by atoms with E-state index in [9.17, 15) is 4.79 Å². The first kappa shape index (κ1) is 46.3. The van der Waals surface area contributed by atoms with Crippen LogP contribution in [0.1, 0.15) is 226 Å². The van der Waals surface area contributed by atoms with Gasteiger partial charge in [-0.05, 0) is 51.4 Å². The third kappa shape index (κ3) is 31.1. The molecule has 0 N–H and O–H groups in total. The molecule has 0 spiro atoms. The summed E-state index contributed by atoms with van der Waals surface area (Å²) >= 11 is 0. The highest BCUT2D eigenvalue weighted by Gasteiger charge is 2.42.